The number of benzene rings is 4. The number of aromatic nitrogens is 9. The Labute approximate surface area is 726 Å². The first-order valence-corrected chi connectivity index (χ1v) is 57.1. The average molecular weight is 2160 g/mol. The van der Waals surface area contributed by atoms with Gasteiger partial charge in [0.25, 0.3) is 0 Å². The molecule has 0 spiro atoms. The molecule has 4 fully saturated rings. The van der Waals surface area contributed by atoms with Gasteiger partial charge in [-0.15, -0.1) is 0 Å². The van der Waals surface area contributed by atoms with E-state index in [-0.39, 0.29) is 28.9 Å². The number of fused-ring (bicyclic) bond motifs is 1. The van der Waals surface area contributed by atoms with Crippen LogP contribution >= 0.6 is 109 Å². The maximum atomic E-state index is 10.4. The SMILES string of the molecule is C.COc1ccc(CN)cc1OC1CCCC1.COc1ccc(CNc2nc(C)nc(C)c2N)cc1OC1CCCC1.COc1ccc(CNc2nc(C)nc(C)c2N)cc1OC1CCCC1.COc1ccc(Cn2c(C)nc3c(C)cc(C)nc32)cc1OC1CCCC1.Cc1nc(C)c([N+](=O)[O-])c(Cl)n1.II.[I][V]([I])[I]. The molecule has 25 nitrogen and oxygen atoms in total. The molecule has 4 aromatic carbocycles. The van der Waals surface area contributed by atoms with E-state index in [0.29, 0.717) is 91.1 Å². The van der Waals surface area contributed by atoms with Crippen molar-refractivity contribution in [2.24, 2.45) is 5.73 Å². The van der Waals surface area contributed by atoms with Crippen molar-refractivity contribution >= 4 is 149 Å². The predicted molar refractivity (Wildman–Crippen MR) is 489 cm³/mol. The summed E-state index contributed by atoms with van der Waals surface area (Å²) >= 11 is 17.2. The van der Waals surface area contributed by atoms with Gasteiger partial charge in [0.1, 0.15) is 34.5 Å². The van der Waals surface area contributed by atoms with E-state index in [1.54, 1.807) is 35.4 Å². The molecule has 0 radical (unpaired) electrons. The van der Waals surface area contributed by atoms with Crippen LogP contribution < -0.4 is 65.7 Å². The summed E-state index contributed by atoms with van der Waals surface area (Å²) in [5.41, 5.74) is 29.1. The third-order valence-electron chi connectivity index (χ3n) is 18.8. The molecule has 32 heteroatoms. The van der Waals surface area contributed by atoms with Crippen LogP contribution in [0.1, 0.15) is 184 Å². The molecule has 0 bridgehead atoms. The van der Waals surface area contributed by atoms with Gasteiger partial charge in [0, 0.05) is 62.6 Å². The second-order valence-electron chi connectivity index (χ2n) is 27.1. The second kappa shape index (κ2) is 48.7. The summed E-state index contributed by atoms with van der Waals surface area (Å²) in [7, 11) is 6.70. The molecular weight excluding hydrogens is 2050 g/mol. The number of nitrogen functional groups attached to an aromatic ring is 2. The molecule has 610 valence electrons. The van der Waals surface area contributed by atoms with Gasteiger partial charge in [-0.25, -0.2) is 39.9 Å². The number of nitrogens with one attached hydrogen (secondary N) is 2. The van der Waals surface area contributed by atoms with Crippen molar-refractivity contribution in [2.75, 3.05) is 50.5 Å². The van der Waals surface area contributed by atoms with Crippen molar-refractivity contribution in [3.05, 3.63) is 168 Å². The molecule has 5 aromatic heterocycles. The fraction of sp³-hybridized carbons (Fsp3) is 0.475. The Balaban J connectivity index is 0.000000219. The predicted octanol–water partition coefficient (Wildman–Crippen LogP) is 21.2. The fourth-order valence-corrected chi connectivity index (χ4v) is 13.6. The second-order valence-corrected chi connectivity index (χ2v) is 62.9. The van der Waals surface area contributed by atoms with E-state index in [2.05, 4.69) is 167 Å². The Kier molecular flexibility index (Phi) is 41.3. The van der Waals surface area contributed by atoms with E-state index >= 15 is 0 Å². The number of nitrogens with two attached hydrogens (primary N) is 3. The number of hydrogen-bond donors (Lipinski definition) is 5. The molecule has 4 saturated carbocycles. The topological polar surface area (TPSA) is 327 Å². The van der Waals surface area contributed by atoms with Crippen molar-refractivity contribution in [1.82, 2.24) is 44.4 Å². The number of anilines is 4. The van der Waals surface area contributed by atoms with Gasteiger partial charge >= 0.3 is 70.5 Å². The van der Waals surface area contributed by atoms with E-state index in [4.69, 9.17) is 76.7 Å². The third kappa shape index (κ3) is 29.4. The number of aryl methyl sites for hydroxylation is 9. The third-order valence-corrected chi connectivity index (χ3v) is 19.1. The van der Waals surface area contributed by atoms with Gasteiger partial charge in [0.2, 0.25) is 5.15 Å². The van der Waals surface area contributed by atoms with Crippen LogP contribution in [0.3, 0.4) is 0 Å². The van der Waals surface area contributed by atoms with Crippen LogP contribution in [0.4, 0.5) is 28.7 Å². The number of hydrogen-bond acceptors (Lipinski definition) is 23. The van der Waals surface area contributed by atoms with Crippen LogP contribution in [0.2, 0.25) is 5.15 Å². The molecule has 9 aromatic rings. The Bertz CT molecular complexity index is 4320. The molecule has 112 heavy (non-hydrogen) atoms. The molecule has 0 saturated heterocycles. The van der Waals surface area contributed by atoms with Crippen LogP contribution in [0, 0.1) is 72.4 Å². The zero-order chi connectivity index (χ0) is 80.8. The summed E-state index contributed by atoms with van der Waals surface area (Å²) in [6.45, 7) is 19.2. The summed E-state index contributed by atoms with van der Waals surface area (Å²) in [5.74, 6) is 10.5. The monoisotopic (exact) mass is 2160 g/mol. The number of pyridine rings is 1. The van der Waals surface area contributed by atoms with Gasteiger partial charge < -0.3 is 70.3 Å². The Hall–Kier alpha value is -5.78. The molecule has 0 atom stereocenters. The molecular formula is C80H108ClI5N15O10V. The van der Waals surface area contributed by atoms with Crippen molar-refractivity contribution in [2.45, 2.75) is 223 Å². The Morgan fingerprint density at radius 1 is 0.491 bits per heavy atom. The van der Waals surface area contributed by atoms with Gasteiger partial charge in [-0.1, -0.05) is 43.3 Å². The van der Waals surface area contributed by atoms with Gasteiger partial charge in [0.05, 0.1) is 87.1 Å². The maximum absolute atomic E-state index is 10.4. The van der Waals surface area contributed by atoms with Gasteiger partial charge in [-0.05, 0) is 247 Å². The summed E-state index contributed by atoms with van der Waals surface area (Å²) in [6.07, 6.45) is 20.2. The number of nitro groups is 1. The number of nitrogens with zero attached hydrogens (tertiary/aromatic N) is 10. The van der Waals surface area contributed by atoms with E-state index in [1.807, 2.05) is 102 Å². The minimum atomic E-state index is -0.586. The number of methoxy groups -OCH3 is 4. The number of rotatable bonds is 22. The molecule has 5 heterocycles. The first-order valence-electron chi connectivity index (χ1n) is 36.9. The van der Waals surface area contributed by atoms with Crippen molar-refractivity contribution in [3.63, 3.8) is 0 Å². The van der Waals surface area contributed by atoms with Crippen molar-refractivity contribution in [3.8, 4) is 46.0 Å². The fourth-order valence-electron chi connectivity index (χ4n) is 13.3. The number of imidazole rings is 1. The molecule has 0 unspecified atom stereocenters. The van der Waals surface area contributed by atoms with Crippen molar-refractivity contribution < 1.29 is 47.7 Å². The molecule has 0 aliphatic heterocycles. The van der Waals surface area contributed by atoms with Gasteiger partial charge in [-0.2, -0.15) is 0 Å². The molecule has 4 aliphatic rings. The van der Waals surface area contributed by atoms with E-state index in [1.165, 1.54) is 63.9 Å². The molecule has 0 amide bonds. The average Bonchev–Trinajstić information content (AvgIpc) is 1.63. The van der Waals surface area contributed by atoms with E-state index < -0.39 is 4.92 Å². The van der Waals surface area contributed by atoms with E-state index in [9.17, 15) is 10.1 Å². The number of halogens is 6. The minimum absolute atomic E-state index is 0. The van der Waals surface area contributed by atoms with Crippen LogP contribution in [0.15, 0.2) is 78.9 Å². The first-order chi connectivity index (χ1) is 53.3. The summed E-state index contributed by atoms with van der Waals surface area (Å²) < 4.78 is 48.4. The molecule has 8 N–H and O–H groups in total. The molecule has 13 rings (SSSR count). The summed E-state index contributed by atoms with van der Waals surface area (Å²) in [6, 6.07) is 26.1. The zero-order valence-electron chi connectivity index (χ0n) is 65.5. The normalized spacial score (nSPS) is 13.8. The van der Waals surface area contributed by atoms with Crippen molar-refractivity contribution in [1.29, 1.82) is 0 Å². The summed E-state index contributed by atoms with van der Waals surface area (Å²) in [4.78, 5) is 43.8. The standard InChI is InChI=1S/C22H27N3O2.2C19H26N4O2.C13H19NO2.C6H6ClN3O2.CH4.I2.3HI.V/c1-14-11-15(2)23-22-21(14)24-16(3)25(22)13-17-9-10-19(26-4)20(12-17)27-18-7-5-6-8-18;2*1-12-18(20)19(23-13(2)22-12)21-11-14-8-9-16(24-3)17(10-14)25-15-6-4-5-7-15;1-15-12-7-6-10(9-14)8-13(12)16-11-4-2-3-5-11;1-3-5(10(11)12)6(7)9-4(2)8-3;;1-2;;;;/h9-12,18H,5-8,13H2,1-4H3;2*8-10,15H,4-7,11,20H2,1-3H3,(H,21,22,23);6-8,11H,2-5,9,14H2,1H3;1-2H3;1H4;;3*1H;/q;;;;;;;;;;+3/p-3. The first kappa shape index (κ1) is 95.1. The molecule has 4 aliphatic carbocycles. The van der Waals surface area contributed by atoms with Gasteiger partial charge in [0.15, 0.2) is 63.3 Å². The van der Waals surface area contributed by atoms with Crippen LogP contribution in [0.25, 0.3) is 11.2 Å². The van der Waals surface area contributed by atoms with E-state index in [0.717, 1.165) is 154 Å². The Morgan fingerprint density at radius 2 is 0.821 bits per heavy atom. The van der Waals surface area contributed by atoms with Crippen LogP contribution in [-0.2, 0) is 31.1 Å². The van der Waals surface area contributed by atoms with Gasteiger partial charge in [-0.3, -0.25) is 10.1 Å². The van der Waals surface area contributed by atoms with Crippen LogP contribution in [0.5, 0.6) is 46.0 Å². The summed E-state index contributed by atoms with van der Waals surface area (Å²) in [5, 5.41) is 16.9. The zero-order valence-corrected chi connectivity index (χ0v) is 78.4. The Morgan fingerprint density at radius 3 is 1.17 bits per heavy atom. The van der Waals surface area contributed by atoms with Crippen LogP contribution in [-0.4, -0.2) is 102 Å². The quantitative estimate of drug-likeness (QED) is 0.0182. The number of ether oxygens (including phenoxy) is 8.